The molecule has 0 bridgehead atoms. The van der Waals surface area contributed by atoms with Gasteiger partial charge in [-0.3, -0.25) is 4.79 Å². The maximum Gasteiger partial charge on any atom is 0.331 e. The van der Waals surface area contributed by atoms with Crippen molar-refractivity contribution in [1.29, 1.82) is 0 Å². The van der Waals surface area contributed by atoms with Crippen molar-refractivity contribution in [1.82, 2.24) is 9.78 Å². The molecule has 0 atom stereocenters. The molecule has 9 heteroatoms. The van der Waals surface area contributed by atoms with Crippen LogP contribution in [0, 0.1) is 0 Å². The van der Waals surface area contributed by atoms with Gasteiger partial charge in [-0.25, -0.2) is 9.48 Å². The lowest BCUT2D eigenvalue weighted by molar-refractivity contribution is -0.142. The summed E-state index contributed by atoms with van der Waals surface area (Å²) in [6.07, 6.45) is 4.76. The van der Waals surface area contributed by atoms with E-state index >= 15 is 0 Å². The van der Waals surface area contributed by atoms with Crippen LogP contribution in [0.3, 0.4) is 0 Å². The number of amides is 1. The number of hydrogen-bond donors (Lipinski definition) is 1. The van der Waals surface area contributed by atoms with Crippen LogP contribution in [0.4, 0.5) is 5.69 Å². The van der Waals surface area contributed by atoms with Crippen LogP contribution in [0.25, 0.3) is 22.3 Å². The number of thiophene rings is 1. The Morgan fingerprint density at radius 2 is 1.89 bits per heavy atom. The monoisotopic (exact) mass is 489 g/mol. The molecule has 1 N–H and O–H groups in total. The molecular weight excluding hydrogens is 466 g/mol. The minimum atomic E-state index is -0.647. The molecule has 0 aliphatic rings. The molecule has 2 aromatic carbocycles. The minimum absolute atomic E-state index is 0.431. The molecule has 0 fully saturated rings. The Bertz CT molecular complexity index is 1330. The van der Waals surface area contributed by atoms with E-state index in [1.54, 1.807) is 40.3 Å². The van der Waals surface area contributed by atoms with Gasteiger partial charge in [-0.2, -0.15) is 5.10 Å². The van der Waals surface area contributed by atoms with Gasteiger partial charge in [0.15, 0.2) is 6.61 Å². The van der Waals surface area contributed by atoms with Crippen LogP contribution in [0.2, 0.25) is 0 Å². The third-order valence-corrected chi connectivity index (χ3v) is 5.82. The Morgan fingerprint density at radius 1 is 1.06 bits per heavy atom. The standard InChI is InChI=1S/C26H23N3O5S/c1-32-20-11-12-21(22(15-20)33-2)27-24(30)17-34-25(31)13-10-18-16-29(19-7-4-3-5-8-19)28-26(18)23-9-6-14-35-23/h3-16H,17H2,1-2H3,(H,27,30)/b13-10+. The maximum absolute atomic E-state index is 12.3. The number of ether oxygens (including phenoxy) is 3. The first kappa shape index (κ1) is 23.8. The molecule has 0 radical (unpaired) electrons. The van der Waals surface area contributed by atoms with Crippen molar-refractivity contribution in [3.05, 3.63) is 83.9 Å². The van der Waals surface area contributed by atoms with E-state index in [0.29, 0.717) is 17.2 Å². The molecular formula is C26H23N3O5S. The van der Waals surface area contributed by atoms with Crippen LogP contribution in [-0.4, -0.2) is 42.5 Å². The van der Waals surface area contributed by atoms with Crippen LogP contribution in [0.15, 0.2) is 78.3 Å². The number of carbonyl (C=O) groups excluding carboxylic acids is 2. The van der Waals surface area contributed by atoms with Crippen LogP contribution in [0.1, 0.15) is 5.56 Å². The fourth-order valence-corrected chi connectivity index (χ4v) is 3.99. The molecule has 4 aromatic rings. The molecule has 0 spiro atoms. The van der Waals surface area contributed by atoms with Crippen molar-refractivity contribution in [2.45, 2.75) is 0 Å². The molecule has 4 rings (SSSR count). The number of nitrogens with one attached hydrogen (secondary N) is 1. The molecule has 0 saturated heterocycles. The van der Waals surface area contributed by atoms with E-state index in [2.05, 4.69) is 10.4 Å². The molecule has 178 valence electrons. The van der Waals surface area contributed by atoms with Gasteiger partial charge >= 0.3 is 5.97 Å². The lowest BCUT2D eigenvalue weighted by Gasteiger charge is -2.11. The second kappa shape index (κ2) is 11.2. The summed E-state index contributed by atoms with van der Waals surface area (Å²) in [4.78, 5) is 25.5. The highest BCUT2D eigenvalue weighted by Crippen LogP contribution is 2.30. The Morgan fingerprint density at radius 3 is 2.60 bits per heavy atom. The Hall–Kier alpha value is -4.37. The molecule has 0 aliphatic carbocycles. The Balaban J connectivity index is 1.42. The zero-order chi connectivity index (χ0) is 24.6. The Labute approximate surface area is 206 Å². The number of rotatable bonds is 9. The van der Waals surface area contributed by atoms with Gasteiger partial charge in [-0.15, -0.1) is 11.3 Å². The first-order valence-electron chi connectivity index (χ1n) is 10.6. The molecule has 0 unspecified atom stereocenters. The number of para-hydroxylation sites is 1. The minimum Gasteiger partial charge on any atom is -0.497 e. The lowest BCUT2D eigenvalue weighted by Crippen LogP contribution is -2.20. The molecule has 35 heavy (non-hydrogen) atoms. The summed E-state index contributed by atoms with van der Waals surface area (Å²) in [7, 11) is 3.02. The topological polar surface area (TPSA) is 91.7 Å². The smallest absolute Gasteiger partial charge is 0.331 e. The summed E-state index contributed by atoms with van der Waals surface area (Å²) in [6, 6.07) is 18.6. The van der Waals surface area contributed by atoms with E-state index in [1.807, 2.05) is 54.0 Å². The number of hydrogen-bond acceptors (Lipinski definition) is 7. The molecule has 0 aliphatic heterocycles. The van der Waals surface area contributed by atoms with Gasteiger partial charge in [-0.05, 0) is 41.8 Å². The molecule has 8 nitrogen and oxygen atoms in total. The number of aromatic nitrogens is 2. The summed E-state index contributed by atoms with van der Waals surface area (Å²) in [6.45, 7) is -0.445. The molecule has 2 heterocycles. The van der Waals surface area contributed by atoms with Gasteiger partial charge in [-0.1, -0.05) is 24.3 Å². The van der Waals surface area contributed by atoms with Crippen LogP contribution in [-0.2, 0) is 14.3 Å². The lowest BCUT2D eigenvalue weighted by atomic mass is 10.2. The largest absolute Gasteiger partial charge is 0.497 e. The number of carbonyl (C=O) groups is 2. The SMILES string of the molecule is COc1ccc(NC(=O)COC(=O)/C=C/c2cn(-c3ccccc3)nc2-c2cccs2)c(OC)c1. The molecule has 1 amide bonds. The second-order valence-corrected chi connectivity index (χ2v) is 8.19. The predicted molar refractivity (Wildman–Crippen MR) is 135 cm³/mol. The van der Waals surface area contributed by atoms with Crippen LogP contribution >= 0.6 is 11.3 Å². The zero-order valence-corrected chi connectivity index (χ0v) is 20.0. The van der Waals surface area contributed by atoms with Gasteiger partial charge in [0, 0.05) is 23.9 Å². The average Bonchev–Trinajstić information content (AvgIpc) is 3.57. The van der Waals surface area contributed by atoms with Crippen molar-refractivity contribution >= 4 is 35.0 Å². The number of esters is 1. The van der Waals surface area contributed by atoms with Gasteiger partial charge < -0.3 is 19.5 Å². The first-order valence-corrected chi connectivity index (χ1v) is 11.5. The molecule has 0 saturated carbocycles. The number of methoxy groups -OCH3 is 2. The highest BCUT2D eigenvalue weighted by atomic mass is 32.1. The third-order valence-electron chi connectivity index (χ3n) is 4.95. The van der Waals surface area contributed by atoms with Crippen LogP contribution < -0.4 is 14.8 Å². The molecule has 2 aromatic heterocycles. The van der Waals surface area contributed by atoms with Crippen molar-refractivity contribution in [3.63, 3.8) is 0 Å². The number of benzene rings is 2. The third kappa shape index (κ3) is 5.96. The highest BCUT2D eigenvalue weighted by Gasteiger charge is 2.13. The number of anilines is 1. The fourth-order valence-electron chi connectivity index (χ4n) is 3.26. The highest BCUT2D eigenvalue weighted by molar-refractivity contribution is 7.13. The zero-order valence-electron chi connectivity index (χ0n) is 19.1. The van der Waals surface area contributed by atoms with Crippen molar-refractivity contribution < 1.29 is 23.8 Å². The predicted octanol–water partition coefficient (Wildman–Crippen LogP) is 4.81. The maximum atomic E-state index is 12.3. The van der Waals surface area contributed by atoms with Gasteiger partial charge in [0.25, 0.3) is 5.91 Å². The summed E-state index contributed by atoms with van der Waals surface area (Å²) in [5.41, 5.74) is 2.84. The quantitative estimate of drug-likeness (QED) is 0.268. The van der Waals surface area contributed by atoms with Crippen molar-refractivity contribution in [2.75, 3.05) is 26.1 Å². The fraction of sp³-hybridized carbons (Fsp3) is 0.115. The van der Waals surface area contributed by atoms with E-state index in [4.69, 9.17) is 14.2 Å². The van der Waals surface area contributed by atoms with E-state index in [9.17, 15) is 9.59 Å². The summed E-state index contributed by atoms with van der Waals surface area (Å²) >= 11 is 1.56. The van der Waals surface area contributed by atoms with E-state index in [1.165, 1.54) is 20.3 Å². The van der Waals surface area contributed by atoms with Gasteiger partial charge in [0.1, 0.15) is 17.2 Å². The van der Waals surface area contributed by atoms with E-state index in [-0.39, 0.29) is 0 Å². The van der Waals surface area contributed by atoms with Crippen molar-refractivity contribution in [2.24, 2.45) is 0 Å². The van der Waals surface area contributed by atoms with Crippen molar-refractivity contribution in [3.8, 4) is 27.8 Å². The van der Waals surface area contributed by atoms with Gasteiger partial charge in [0.2, 0.25) is 0 Å². The summed E-state index contributed by atoms with van der Waals surface area (Å²) < 4.78 is 17.3. The van der Waals surface area contributed by atoms with E-state index in [0.717, 1.165) is 21.8 Å². The average molecular weight is 490 g/mol. The number of nitrogens with zero attached hydrogens (tertiary/aromatic N) is 2. The second-order valence-electron chi connectivity index (χ2n) is 7.25. The first-order chi connectivity index (χ1) is 17.1. The normalized spacial score (nSPS) is 10.8. The van der Waals surface area contributed by atoms with E-state index < -0.39 is 18.5 Å². The van der Waals surface area contributed by atoms with Crippen LogP contribution in [0.5, 0.6) is 11.5 Å². The summed E-state index contributed by atoms with van der Waals surface area (Å²) in [5.74, 6) is -0.118. The Kier molecular flexibility index (Phi) is 7.59. The van der Waals surface area contributed by atoms with Gasteiger partial charge in [0.05, 0.1) is 30.5 Å². The summed E-state index contributed by atoms with van der Waals surface area (Å²) in [5, 5.41) is 9.31.